The van der Waals surface area contributed by atoms with E-state index in [4.69, 9.17) is 5.11 Å². The minimum atomic E-state index is 0.125. The minimum Gasteiger partial charge on any atom is -0.392 e. The maximum Gasteiger partial charge on any atom is 0.0681 e. The molecule has 0 aliphatic heterocycles. The number of aryl methyl sites for hydroxylation is 1. The summed E-state index contributed by atoms with van der Waals surface area (Å²) in [5.74, 6) is 0. The lowest BCUT2D eigenvalue weighted by Gasteiger charge is -2.16. The van der Waals surface area contributed by atoms with Gasteiger partial charge in [0.05, 0.1) is 6.61 Å². The summed E-state index contributed by atoms with van der Waals surface area (Å²) in [5.41, 5.74) is 3.69. The van der Waals surface area contributed by atoms with Crippen LogP contribution < -0.4 is 0 Å². The first kappa shape index (κ1) is 14.8. The molecule has 0 amide bonds. The van der Waals surface area contributed by atoms with Crippen LogP contribution >= 0.6 is 0 Å². The monoisotopic (exact) mass is 269 g/mol. The predicted molar refractivity (Wildman–Crippen MR) is 83.5 cm³/mol. The van der Waals surface area contributed by atoms with E-state index in [1.165, 1.54) is 11.1 Å². The Bertz CT molecular complexity index is 493. The highest BCUT2D eigenvalue weighted by atomic mass is 16.3. The zero-order valence-corrected chi connectivity index (χ0v) is 12.1. The molecule has 0 unspecified atom stereocenters. The van der Waals surface area contributed by atoms with E-state index in [2.05, 4.69) is 54.4 Å². The molecule has 0 aliphatic rings. The molecule has 106 valence electrons. The van der Waals surface area contributed by atoms with Gasteiger partial charge in [0.15, 0.2) is 0 Å². The molecular weight excluding hydrogens is 246 g/mol. The second-order valence-electron chi connectivity index (χ2n) is 5.30. The molecule has 0 radical (unpaired) electrons. The van der Waals surface area contributed by atoms with Crippen LogP contribution in [-0.2, 0) is 19.6 Å². The molecule has 0 saturated carbocycles. The van der Waals surface area contributed by atoms with E-state index in [1.54, 1.807) is 0 Å². The Morgan fingerprint density at radius 1 is 0.850 bits per heavy atom. The van der Waals surface area contributed by atoms with Gasteiger partial charge >= 0.3 is 0 Å². The molecule has 1 N–H and O–H groups in total. The Balaban J connectivity index is 1.72. The Morgan fingerprint density at radius 3 is 2.15 bits per heavy atom. The highest BCUT2D eigenvalue weighted by Gasteiger charge is 2.00. The summed E-state index contributed by atoms with van der Waals surface area (Å²) >= 11 is 0. The summed E-state index contributed by atoms with van der Waals surface area (Å²) in [7, 11) is 2.17. The lowest BCUT2D eigenvalue weighted by Crippen LogP contribution is -2.19. The second kappa shape index (κ2) is 7.83. The lowest BCUT2D eigenvalue weighted by atomic mass is 10.1. The van der Waals surface area contributed by atoms with Gasteiger partial charge in [0.25, 0.3) is 0 Å². The fraction of sp³-hybridized carbons (Fsp3) is 0.333. The number of hydrogen-bond donors (Lipinski definition) is 1. The molecule has 0 aromatic heterocycles. The van der Waals surface area contributed by atoms with Crippen molar-refractivity contribution in [1.82, 2.24) is 4.90 Å². The molecular formula is C18H23NO. The molecule has 0 bridgehead atoms. The van der Waals surface area contributed by atoms with Crippen LogP contribution in [0.15, 0.2) is 54.6 Å². The predicted octanol–water partition coefficient (Wildman–Crippen LogP) is 3.24. The average Bonchev–Trinajstić information content (AvgIpc) is 2.49. The largest absolute Gasteiger partial charge is 0.392 e. The van der Waals surface area contributed by atoms with Gasteiger partial charge in [-0.15, -0.1) is 0 Å². The van der Waals surface area contributed by atoms with Crippen molar-refractivity contribution in [3.8, 4) is 0 Å². The quantitative estimate of drug-likeness (QED) is 0.834. The van der Waals surface area contributed by atoms with Crippen LogP contribution in [0.5, 0.6) is 0 Å². The van der Waals surface area contributed by atoms with Crippen molar-refractivity contribution in [3.63, 3.8) is 0 Å². The smallest absolute Gasteiger partial charge is 0.0681 e. The van der Waals surface area contributed by atoms with Gasteiger partial charge in [0.2, 0.25) is 0 Å². The van der Waals surface area contributed by atoms with E-state index < -0.39 is 0 Å². The third-order valence-corrected chi connectivity index (χ3v) is 3.51. The molecule has 0 heterocycles. The first-order chi connectivity index (χ1) is 9.78. The van der Waals surface area contributed by atoms with E-state index in [0.717, 1.165) is 31.5 Å². The summed E-state index contributed by atoms with van der Waals surface area (Å²) in [5, 5.41) is 9.01. The molecule has 2 heteroatoms. The van der Waals surface area contributed by atoms with Gasteiger partial charge < -0.3 is 10.0 Å². The molecule has 2 aromatic carbocycles. The van der Waals surface area contributed by atoms with Gasteiger partial charge in [-0.3, -0.25) is 0 Å². The number of hydrogen-bond acceptors (Lipinski definition) is 2. The summed E-state index contributed by atoms with van der Waals surface area (Å²) in [6.45, 7) is 2.22. The highest BCUT2D eigenvalue weighted by Crippen LogP contribution is 2.08. The molecule has 0 fully saturated rings. The van der Waals surface area contributed by atoms with Crippen molar-refractivity contribution in [1.29, 1.82) is 0 Å². The summed E-state index contributed by atoms with van der Waals surface area (Å²) in [6, 6.07) is 18.8. The fourth-order valence-corrected chi connectivity index (χ4v) is 2.34. The number of benzene rings is 2. The average molecular weight is 269 g/mol. The number of rotatable bonds is 7. The first-order valence-electron chi connectivity index (χ1n) is 7.19. The molecule has 20 heavy (non-hydrogen) atoms. The normalized spacial score (nSPS) is 10.9. The Kier molecular flexibility index (Phi) is 5.78. The Hall–Kier alpha value is -1.64. The van der Waals surface area contributed by atoms with Crippen LogP contribution in [0, 0.1) is 0 Å². The van der Waals surface area contributed by atoms with Crippen LogP contribution in [0.1, 0.15) is 23.1 Å². The fourth-order valence-electron chi connectivity index (χ4n) is 2.34. The van der Waals surface area contributed by atoms with Crippen LogP contribution in [0.25, 0.3) is 0 Å². The van der Waals surface area contributed by atoms with E-state index in [-0.39, 0.29) is 6.61 Å². The summed E-state index contributed by atoms with van der Waals surface area (Å²) in [6.07, 6.45) is 2.24. The molecule has 0 atom stereocenters. The molecule has 0 saturated heterocycles. The van der Waals surface area contributed by atoms with Gasteiger partial charge in [-0.2, -0.15) is 0 Å². The van der Waals surface area contributed by atoms with Crippen molar-refractivity contribution in [2.75, 3.05) is 13.6 Å². The maximum absolute atomic E-state index is 9.01. The summed E-state index contributed by atoms with van der Waals surface area (Å²) in [4.78, 5) is 2.36. The lowest BCUT2D eigenvalue weighted by molar-refractivity contribution is 0.282. The van der Waals surface area contributed by atoms with E-state index in [9.17, 15) is 0 Å². The number of aliphatic hydroxyl groups excluding tert-OH is 1. The van der Waals surface area contributed by atoms with Crippen LogP contribution in [-0.4, -0.2) is 23.6 Å². The van der Waals surface area contributed by atoms with Crippen molar-refractivity contribution in [2.45, 2.75) is 26.0 Å². The number of aliphatic hydroxyl groups is 1. The Morgan fingerprint density at radius 2 is 1.50 bits per heavy atom. The standard InChI is InChI=1S/C18H23NO/c1-19(14-17-6-3-2-4-7-17)13-5-8-16-9-11-18(15-20)12-10-16/h2-4,6-7,9-12,20H,5,8,13-15H2,1H3. The Labute approximate surface area is 121 Å². The number of nitrogens with zero attached hydrogens (tertiary/aromatic N) is 1. The van der Waals surface area contributed by atoms with Crippen LogP contribution in [0.4, 0.5) is 0 Å². The zero-order valence-electron chi connectivity index (χ0n) is 12.1. The van der Waals surface area contributed by atoms with Gasteiger partial charge in [0.1, 0.15) is 0 Å². The van der Waals surface area contributed by atoms with Crippen molar-refractivity contribution >= 4 is 0 Å². The van der Waals surface area contributed by atoms with Crippen molar-refractivity contribution in [3.05, 3.63) is 71.3 Å². The van der Waals surface area contributed by atoms with Gasteiger partial charge in [-0.25, -0.2) is 0 Å². The van der Waals surface area contributed by atoms with Crippen molar-refractivity contribution < 1.29 is 5.11 Å². The molecule has 2 nitrogen and oxygen atoms in total. The van der Waals surface area contributed by atoms with Gasteiger partial charge in [-0.05, 0) is 43.1 Å². The molecule has 0 aliphatic carbocycles. The third kappa shape index (κ3) is 4.80. The van der Waals surface area contributed by atoms with E-state index >= 15 is 0 Å². The maximum atomic E-state index is 9.01. The highest BCUT2D eigenvalue weighted by molar-refractivity contribution is 5.22. The topological polar surface area (TPSA) is 23.5 Å². The van der Waals surface area contributed by atoms with Crippen LogP contribution in [0.2, 0.25) is 0 Å². The SMILES string of the molecule is CN(CCCc1ccc(CO)cc1)Cc1ccccc1. The van der Waals surface area contributed by atoms with Gasteiger partial charge in [-0.1, -0.05) is 54.6 Å². The molecule has 2 aromatic rings. The van der Waals surface area contributed by atoms with Crippen LogP contribution in [0.3, 0.4) is 0 Å². The minimum absolute atomic E-state index is 0.125. The first-order valence-corrected chi connectivity index (χ1v) is 7.19. The van der Waals surface area contributed by atoms with Gasteiger partial charge in [0, 0.05) is 6.54 Å². The third-order valence-electron chi connectivity index (χ3n) is 3.51. The summed E-state index contributed by atoms with van der Waals surface area (Å²) < 4.78 is 0. The second-order valence-corrected chi connectivity index (χ2v) is 5.30. The zero-order chi connectivity index (χ0) is 14.2. The molecule has 0 spiro atoms. The van der Waals surface area contributed by atoms with E-state index in [1.807, 2.05) is 12.1 Å². The van der Waals surface area contributed by atoms with Crippen molar-refractivity contribution in [2.24, 2.45) is 0 Å². The molecule has 2 rings (SSSR count). The van der Waals surface area contributed by atoms with E-state index in [0.29, 0.717) is 0 Å².